The maximum atomic E-state index is 5.27. The highest BCUT2D eigenvalue weighted by Gasteiger charge is 1.97. The number of hydrogen-bond donors (Lipinski definition) is 0. The molecule has 0 nitrogen and oxygen atoms in total. The minimum atomic E-state index is 0. The van der Waals surface area contributed by atoms with Crippen LogP contribution in [0.15, 0.2) is 24.3 Å². The zero-order chi connectivity index (χ0) is 8.27. The van der Waals surface area contributed by atoms with Crippen molar-refractivity contribution < 1.29 is 0 Å². The molecule has 0 fully saturated rings. The molecule has 0 aliphatic carbocycles. The Balaban J connectivity index is 0.00000121. The number of benzene rings is 1. The lowest BCUT2D eigenvalue weighted by Gasteiger charge is -2.04. The highest BCUT2D eigenvalue weighted by atomic mass is 14.0. The van der Waals surface area contributed by atoms with Crippen LogP contribution in [0.3, 0.4) is 0 Å². The average Bonchev–Trinajstić information content (AvgIpc) is 2.05. The molecule has 0 heteroatoms. The lowest BCUT2D eigenvalue weighted by Crippen LogP contribution is -1.86. The molecule has 0 unspecified atom stereocenters. The van der Waals surface area contributed by atoms with Gasteiger partial charge < -0.3 is 0 Å². The molecular formula is C12H16. The van der Waals surface area contributed by atoms with E-state index in [4.69, 9.17) is 6.42 Å². The lowest BCUT2D eigenvalue weighted by molar-refractivity contribution is 0.866. The third-order valence-corrected chi connectivity index (χ3v) is 1.72. The second-order valence-corrected chi connectivity index (χ2v) is 2.92. The minimum Gasteiger partial charge on any atom is -0.115 e. The van der Waals surface area contributed by atoms with Crippen molar-refractivity contribution in [1.29, 1.82) is 0 Å². The fourth-order valence-corrected chi connectivity index (χ4v) is 0.988. The SMILES string of the molecule is C.C#Cc1cccc(C(C)C)c1. The van der Waals surface area contributed by atoms with Gasteiger partial charge in [-0.1, -0.05) is 39.3 Å². The molecule has 12 heavy (non-hydrogen) atoms. The molecule has 0 atom stereocenters. The monoisotopic (exact) mass is 160 g/mol. The van der Waals surface area contributed by atoms with Gasteiger partial charge in [-0.2, -0.15) is 0 Å². The molecule has 64 valence electrons. The van der Waals surface area contributed by atoms with E-state index in [1.807, 2.05) is 12.1 Å². The van der Waals surface area contributed by atoms with Crippen molar-refractivity contribution in [2.45, 2.75) is 27.2 Å². The lowest BCUT2D eigenvalue weighted by atomic mass is 10.0. The van der Waals surface area contributed by atoms with Crippen molar-refractivity contribution in [1.82, 2.24) is 0 Å². The summed E-state index contributed by atoms with van der Waals surface area (Å²) in [6.07, 6.45) is 5.27. The Morgan fingerprint density at radius 2 is 2.00 bits per heavy atom. The van der Waals surface area contributed by atoms with Crippen LogP contribution in [-0.4, -0.2) is 0 Å². The van der Waals surface area contributed by atoms with E-state index in [0.717, 1.165) is 5.56 Å². The van der Waals surface area contributed by atoms with Gasteiger partial charge in [0.15, 0.2) is 0 Å². The smallest absolute Gasteiger partial charge is 0.0245 e. The first-order chi connectivity index (χ1) is 5.24. The maximum Gasteiger partial charge on any atom is 0.0245 e. The standard InChI is InChI=1S/C11H12.CH4/c1-4-10-6-5-7-11(8-10)9(2)3;/h1,5-9H,2-3H3;1H4. The van der Waals surface area contributed by atoms with E-state index < -0.39 is 0 Å². The summed E-state index contributed by atoms with van der Waals surface area (Å²) in [6, 6.07) is 8.12. The number of rotatable bonds is 1. The second kappa shape index (κ2) is 4.62. The molecule has 0 aliphatic rings. The van der Waals surface area contributed by atoms with Gasteiger partial charge in [0, 0.05) is 5.56 Å². The molecule has 1 aromatic rings. The Labute approximate surface area is 75.6 Å². The Hall–Kier alpha value is -1.22. The van der Waals surface area contributed by atoms with Gasteiger partial charge in [-0.15, -0.1) is 6.42 Å². The zero-order valence-electron chi connectivity index (χ0n) is 6.96. The van der Waals surface area contributed by atoms with Gasteiger partial charge in [0.2, 0.25) is 0 Å². The van der Waals surface area contributed by atoms with E-state index in [0.29, 0.717) is 5.92 Å². The van der Waals surface area contributed by atoms with Crippen LogP contribution in [0.5, 0.6) is 0 Å². The third-order valence-electron chi connectivity index (χ3n) is 1.72. The van der Waals surface area contributed by atoms with E-state index in [1.54, 1.807) is 0 Å². The largest absolute Gasteiger partial charge is 0.115 e. The second-order valence-electron chi connectivity index (χ2n) is 2.92. The summed E-state index contributed by atoms with van der Waals surface area (Å²) in [5.41, 5.74) is 2.27. The topological polar surface area (TPSA) is 0 Å². The zero-order valence-corrected chi connectivity index (χ0v) is 6.96. The van der Waals surface area contributed by atoms with Gasteiger partial charge in [-0.3, -0.25) is 0 Å². The van der Waals surface area contributed by atoms with Crippen LogP contribution in [0.25, 0.3) is 0 Å². The number of hydrogen-bond acceptors (Lipinski definition) is 0. The molecule has 0 saturated carbocycles. The van der Waals surface area contributed by atoms with Crippen LogP contribution in [0.2, 0.25) is 0 Å². The molecule has 0 bridgehead atoms. The van der Waals surface area contributed by atoms with Crippen LogP contribution >= 0.6 is 0 Å². The Bertz CT molecular complexity index is 276. The summed E-state index contributed by atoms with van der Waals surface area (Å²) in [5.74, 6) is 3.18. The summed E-state index contributed by atoms with van der Waals surface area (Å²) >= 11 is 0. The number of terminal acetylenes is 1. The molecule has 0 amide bonds. The summed E-state index contributed by atoms with van der Waals surface area (Å²) in [5, 5.41) is 0. The molecule has 0 aromatic heterocycles. The van der Waals surface area contributed by atoms with Crippen LogP contribution in [0.1, 0.15) is 38.3 Å². The van der Waals surface area contributed by atoms with Crippen molar-refractivity contribution in [3.63, 3.8) is 0 Å². The molecular weight excluding hydrogens is 144 g/mol. The van der Waals surface area contributed by atoms with Crippen LogP contribution < -0.4 is 0 Å². The summed E-state index contributed by atoms with van der Waals surface area (Å²) in [4.78, 5) is 0. The Kier molecular flexibility index (Phi) is 4.15. The normalized spacial score (nSPS) is 8.83. The molecule has 1 rings (SSSR count). The van der Waals surface area contributed by atoms with Crippen LogP contribution in [0, 0.1) is 12.3 Å². The van der Waals surface area contributed by atoms with E-state index in [1.165, 1.54) is 5.56 Å². The van der Waals surface area contributed by atoms with Gasteiger partial charge in [-0.05, 0) is 23.6 Å². The average molecular weight is 160 g/mol. The van der Waals surface area contributed by atoms with Gasteiger partial charge >= 0.3 is 0 Å². The molecule has 0 radical (unpaired) electrons. The molecule has 0 heterocycles. The fourth-order valence-electron chi connectivity index (χ4n) is 0.988. The quantitative estimate of drug-likeness (QED) is 0.552. The summed E-state index contributed by atoms with van der Waals surface area (Å²) < 4.78 is 0. The highest BCUT2D eigenvalue weighted by molar-refractivity contribution is 5.36. The van der Waals surface area contributed by atoms with Crippen molar-refractivity contribution in [2.24, 2.45) is 0 Å². The van der Waals surface area contributed by atoms with Gasteiger partial charge in [0.05, 0.1) is 0 Å². The maximum absolute atomic E-state index is 5.27. The van der Waals surface area contributed by atoms with Gasteiger partial charge in [0.25, 0.3) is 0 Å². The van der Waals surface area contributed by atoms with Gasteiger partial charge in [-0.25, -0.2) is 0 Å². The first kappa shape index (κ1) is 10.8. The van der Waals surface area contributed by atoms with Crippen molar-refractivity contribution in [3.8, 4) is 12.3 Å². The molecule has 0 spiro atoms. The molecule has 0 saturated heterocycles. The van der Waals surface area contributed by atoms with E-state index in [2.05, 4.69) is 31.9 Å². The Morgan fingerprint density at radius 3 is 2.50 bits per heavy atom. The van der Waals surface area contributed by atoms with Gasteiger partial charge in [0.1, 0.15) is 0 Å². The van der Waals surface area contributed by atoms with Crippen molar-refractivity contribution >= 4 is 0 Å². The first-order valence-electron chi connectivity index (χ1n) is 3.80. The highest BCUT2D eigenvalue weighted by Crippen LogP contribution is 2.14. The first-order valence-corrected chi connectivity index (χ1v) is 3.80. The fraction of sp³-hybridized carbons (Fsp3) is 0.333. The molecule has 0 aliphatic heterocycles. The van der Waals surface area contributed by atoms with Crippen LogP contribution in [0.4, 0.5) is 0 Å². The van der Waals surface area contributed by atoms with E-state index in [9.17, 15) is 0 Å². The third kappa shape index (κ3) is 2.43. The van der Waals surface area contributed by atoms with Crippen molar-refractivity contribution in [2.75, 3.05) is 0 Å². The molecule has 0 N–H and O–H groups in total. The summed E-state index contributed by atoms with van der Waals surface area (Å²) in [6.45, 7) is 4.32. The molecule has 1 aromatic carbocycles. The predicted octanol–water partition coefficient (Wildman–Crippen LogP) is 3.43. The Morgan fingerprint density at radius 1 is 1.33 bits per heavy atom. The van der Waals surface area contributed by atoms with Crippen LogP contribution in [-0.2, 0) is 0 Å². The summed E-state index contributed by atoms with van der Waals surface area (Å²) in [7, 11) is 0. The van der Waals surface area contributed by atoms with E-state index in [-0.39, 0.29) is 7.43 Å². The predicted molar refractivity (Wildman–Crippen MR) is 55.2 cm³/mol. The van der Waals surface area contributed by atoms with Crippen molar-refractivity contribution in [3.05, 3.63) is 35.4 Å². The minimum absolute atomic E-state index is 0. The van der Waals surface area contributed by atoms with E-state index >= 15 is 0 Å².